The summed E-state index contributed by atoms with van der Waals surface area (Å²) in [6, 6.07) is 3.71. The number of nitrogens with zero attached hydrogens (tertiary/aromatic N) is 4. The Morgan fingerprint density at radius 1 is 1.34 bits per heavy atom. The van der Waals surface area contributed by atoms with Crippen LogP contribution in [-0.2, 0) is 6.54 Å². The zero-order valence-corrected chi connectivity index (χ0v) is 18.9. The number of halogens is 3. The highest BCUT2D eigenvalue weighted by atomic mass is 19.4. The first-order valence-corrected chi connectivity index (χ1v) is 11.0. The van der Waals surface area contributed by atoms with Gasteiger partial charge in [-0.15, -0.1) is 0 Å². The van der Waals surface area contributed by atoms with E-state index in [-0.39, 0.29) is 12.0 Å². The summed E-state index contributed by atoms with van der Waals surface area (Å²) in [5.74, 6) is 0.835. The molecule has 3 rings (SSSR count). The molecular formula is C24H30F3N5. The minimum atomic E-state index is -4.41. The fourth-order valence-electron chi connectivity index (χ4n) is 3.72. The van der Waals surface area contributed by atoms with E-state index < -0.39 is 11.7 Å². The molecule has 172 valence electrons. The van der Waals surface area contributed by atoms with Crippen LogP contribution in [0.2, 0.25) is 0 Å². The van der Waals surface area contributed by atoms with Crippen molar-refractivity contribution in [3.05, 3.63) is 65.3 Å². The Bertz CT molecular complexity index is 1010. The maximum Gasteiger partial charge on any atom is 0.416 e. The van der Waals surface area contributed by atoms with Crippen LogP contribution in [0.25, 0.3) is 5.57 Å². The van der Waals surface area contributed by atoms with Gasteiger partial charge in [-0.3, -0.25) is 4.68 Å². The number of hydrogen-bond donors (Lipinski definition) is 1. The van der Waals surface area contributed by atoms with Crippen LogP contribution in [0, 0.1) is 0 Å². The fraction of sp³-hybridized carbons (Fsp3) is 0.458. The van der Waals surface area contributed by atoms with E-state index in [1.807, 2.05) is 16.8 Å². The van der Waals surface area contributed by atoms with Gasteiger partial charge in [0.1, 0.15) is 0 Å². The summed E-state index contributed by atoms with van der Waals surface area (Å²) in [5, 5.41) is 8.01. The highest BCUT2D eigenvalue weighted by molar-refractivity contribution is 5.74. The zero-order valence-electron chi connectivity index (χ0n) is 18.9. The van der Waals surface area contributed by atoms with Gasteiger partial charge in [-0.1, -0.05) is 39.0 Å². The number of fused-ring (bicyclic) bond motifs is 1. The Labute approximate surface area is 187 Å². The highest BCUT2D eigenvalue weighted by Crippen LogP contribution is 2.33. The van der Waals surface area contributed by atoms with Gasteiger partial charge in [0, 0.05) is 24.0 Å². The number of hydrogen-bond acceptors (Lipinski definition) is 4. The van der Waals surface area contributed by atoms with Gasteiger partial charge in [0.2, 0.25) is 5.95 Å². The van der Waals surface area contributed by atoms with Gasteiger partial charge in [0.05, 0.1) is 23.0 Å². The first-order valence-electron chi connectivity index (χ1n) is 11.0. The predicted octanol–water partition coefficient (Wildman–Crippen LogP) is 6.60. The smallest absolute Gasteiger partial charge is 0.346 e. The molecule has 0 amide bonds. The summed E-state index contributed by atoms with van der Waals surface area (Å²) in [5.41, 5.74) is 2.17. The summed E-state index contributed by atoms with van der Waals surface area (Å²) < 4.78 is 42.2. The van der Waals surface area contributed by atoms with Gasteiger partial charge in [-0.25, -0.2) is 9.97 Å². The third kappa shape index (κ3) is 5.66. The number of rotatable bonds is 7. The lowest BCUT2D eigenvalue weighted by Crippen LogP contribution is -2.22. The van der Waals surface area contributed by atoms with Gasteiger partial charge in [-0.05, 0) is 50.3 Å². The van der Waals surface area contributed by atoms with Crippen molar-refractivity contribution in [1.82, 2.24) is 19.7 Å². The highest BCUT2D eigenvalue weighted by Gasteiger charge is 2.32. The van der Waals surface area contributed by atoms with E-state index >= 15 is 0 Å². The Balaban J connectivity index is 1.94. The quantitative estimate of drug-likeness (QED) is 0.488. The average Bonchev–Trinajstić information content (AvgIpc) is 3.17. The minimum absolute atomic E-state index is 0.0625. The van der Waals surface area contributed by atoms with Gasteiger partial charge >= 0.3 is 6.18 Å². The van der Waals surface area contributed by atoms with Crippen molar-refractivity contribution < 1.29 is 13.2 Å². The zero-order chi connectivity index (χ0) is 23.3. The molecule has 1 N–H and O–H groups in total. The standard InChI is InChI=1S/C24H30F3N5/c1-5-8-17(14-18(9-6-2)24(25,26)27)21-15-22-20(10-7-13-32(22)31-21)30-23-28-12-11-19(29-23)16(3)4/h5,8-9,11-12,14-16,20H,6-7,10,13H2,1-4H3,(H,28,29,30)/b8-5-,17-14+,18-9-. The molecule has 0 aliphatic carbocycles. The van der Waals surface area contributed by atoms with E-state index in [2.05, 4.69) is 34.2 Å². The molecule has 1 aliphatic rings. The molecule has 3 heterocycles. The first-order chi connectivity index (χ1) is 15.2. The lowest BCUT2D eigenvalue weighted by Gasteiger charge is -2.24. The second kappa shape index (κ2) is 10.1. The molecule has 0 fully saturated rings. The summed E-state index contributed by atoms with van der Waals surface area (Å²) in [6.07, 6.45) is 5.17. The van der Waals surface area contributed by atoms with Crippen LogP contribution >= 0.6 is 0 Å². The van der Waals surface area contributed by atoms with Crippen LogP contribution in [-0.4, -0.2) is 25.9 Å². The van der Waals surface area contributed by atoms with E-state index in [1.165, 1.54) is 12.2 Å². The SMILES string of the molecule is C\C=C/C(=C\C(=C\CC)C(F)(F)F)c1cc2n(n1)CCCC2Nc1nccc(C(C)C)n1. The molecule has 2 aromatic rings. The molecular weight excluding hydrogens is 415 g/mol. The monoisotopic (exact) mass is 445 g/mol. The minimum Gasteiger partial charge on any atom is -0.346 e. The van der Waals surface area contributed by atoms with Crippen LogP contribution in [0.5, 0.6) is 0 Å². The van der Waals surface area contributed by atoms with Gasteiger partial charge in [0.15, 0.2) is 0 Å². The molecule has 5 nitrogen and oxygen atoms in total. The van der Waals surface area contributed by atoms with Crippen LogP contribution < -0.4 is 5.32 Å². The third-order valence-electron chi connectivity index (χ3n) is 5.31. The Morgan fingerprint density at radius 2 is 2.12 bits per heavy atom. The number of aryl methyl sites for hydroxylation is 1. The predicted molar refractivity (Wildman–Crippen MR) is 121 cm³/mol. The molecule has 32 heavy (non-hydrogen) atoms. The first kappa shape index (κ1) is 23.8. The lowest BCUT2D eigenvalue weighted by atomic mass is 10.0. The number of allylic oxidation sites excluding steroid dienone is 6. The van der Waals surface area contributed by atoms with E-state index in [0.29, 0.717) is 23.6 Å². The summed E-state index contributed by atoms with van der Waals surface area (Å²) in [6.45, 7) is 8.35. The molecule has 0 radical (unpaired) electrons. The van der Waals surface area contributed by atoms with Gasteiger partial charge in [0.25, 0.3) is 0 Å². The van der Waals surface area contributed by atoms with Crippen molar-refractivity contribution in [3.8, 4) is 0 Å². The van der Waals surface area contributed by atoms with Crippen molar-refractivity contribution in [2.24, 2.45) is 0 Å². The maximum atomic E-state index is 13.5. The third-order valence-corrected chi connectivity index (χ3v) is 5.31. The molecule has 0 aromatic carbocycles. The van der Waals surface area contributed by atoms with Crippen molar-refractivity contribution in [2.75, 3.05) is 5.32 Å². The number of aromatic nitrogens is 4. The summed E-state index contributed by atoms with van der Waals surface area (Å²) in [7, 11) is 0. The van der Waals surface area contributed by atoms with Gasteiger partial charge < -0.3 is 5.32 Å². The Morgan fingerprint density at radius 3 is 2.78 bits per heavy atom. The molecule has 0 spiro atoms. The molecule has 0 saturated heterocycles. The molecule has 0 bridgehead atoms. The largest absolute Gasteiger partial charge is 0.416 e. The van der Waals surface area contributed by atoms with Crippen molar-refractivity contribution in [2.45, 2.75) is 71.6 Å². The Hall–Kier alpha value is -2.90. The van der Waals surface area contributed by atoms with Crippen molar-refractivity contribution in [3.63, 3.8) is 0 Å². The van der Waals surface area contributed by atoms with Crippen LogP contribution in [0.3, 0.4) is 0 Å². The molecule has 1 atom stereocenters. The van der Waals surface area contributed by atoms with E-state index in [4.69, 9.17) is 0 Å². The second-order valence-electron chi connectivity index (χ2n) is 8.14. The van der Waals surface area contributed by atoms with Crippen molar-refractivity contribution >= 4 is 11.5 Å². The molecule has 2 aromatic heterocycles. The molecule has 0 saturated carbocycles. The van der Waals surface area contributed by atoms with Crippen molar-refractivity contribution in [1.29, 1.82) is 0 Å². The topological polar surface area (TPSA) is 55.6 Å². The van der Waals surface area contributed by atoms with Crippen LogP contribution in [0.15, 0.2) is 48.2 Å². The Kier molecular flexibility index (Phi) is 7.53. The number of alkyl halides is 3. The molecule has 8 heteroatoms. The normalized spacial score (nSPS) is 17.8. The number of nitrogens with one attached hydrogen (secondary N) is 1. The van der Waals surface area contributed by atoms with E-state index in [0.717, 1.165) is 30.8 Å². The average molecular weight is 446 g/mol. The summed E-state index contributed by atoms with van der Waals surface area (Å²) >= 11 is 0. The number of anilines is 1. The second-order valence-corrected chi connectivity index (χ2v) is 8.14. The summed E-state index contributed by atoms with van der Waals surface area (Å²) in [4.78, 5) is 8.93. The maximum absolute atomic E-state index is 13.5. The molecule has 1 aliphatic heterocycles. The molecule has 1 unspecified atom stereocenters. The van der Waals surface area contributed by atoms with Crippen LogP contribution in [0.1, 0.15) is 76.0 Å². The lowest BCUT2D eigenvalue weighted by molar-refractivity contribution is -0.0883. The fourth-order valence-corrected chi connectivity index (χ4v) is 3.72. The van der Waals surface area contributed by atoms with E-state index in [9.17, 15) is 13.2 Å². The van der Waals surface area contributed by atoms with Crippen LogP contribution in [0.4, 0.5) is 19.1 Å². The van der Waals surface area contributed by atoms with E-state index in [1.54, 1.807) is 32.2 Å². The van der Waals surface area contributed by atoms with Gasteiger partial charge in [-0.2, -0.15) is 18.3 Å².